The number of nitrogen functional groups attached to an aromatic ring is 2. The first-order chi connectivity index (χ1) is 7.58. The molecular formula is C12H11ClF2N2. The van der Waals surface area contributed by atoms with Gasteiger partial charge >= 0.3 is 0 Å². The minimum absolute atomic E-state index is 0. The van der Waals surface area contributed by atoms with Crippen LogP contribution in [-0.2, 0) is 0 Å². The summed E-state index contributed by atoms with van der Waals surface area (Å²) in [7, 11) is 0. The maximum Gasteiger partial charge on any atom is 0.136 e. The van der Waals surface area contributed by atoms with Gasteiger partial charge in [0.25, 0.3) is 0 Å². The quantitative estimate of drug-likeness (QED) is 0.770. The van der Waals surface area contributed by atoms with E-state index in [0.717, 1.165) is 12.1 Å². The largest absolute Gasteiger partial charge is 0.399 e. The van der Waals surface area contributed by atoms with Gasteiger partial charge in [-0.1, -0.05) is 12.1 Å². The second-order valence-electron chi connectivity index (χ2n) is 3.48. The summed E-state index contributed by atoms with van der Waals surface area (Å²) in [5.74, 6) is -1.36. The van der Waals surface area contributed by atoms with Gasteiger partial charge in [-0.2, -0.15) is 0 Å². The van der Waals surface area contributed by atoms with Crippen LogP contribution < -0.4 is 11.5 Å². The first-order valence-corrected chi connectivity index (χ1v) is 4.68. The number of nitrogens with two attached hydrogens (primary N) is 2. The summed E-state index contributed by atoms with van der Waals surface area (Å²) < 4.78 is 27.1. The summed E-state index contributed by atoms with van der Waals surface area (Å²) in [4.78, 5) is 0. The lowest BCUT2D eigenvalue weighted by molar-refractivity contribution is 0.591. The SMILES string of the molecule is Cl.Nc1ccc(-c2c(F)cc(N)cc2F)cc1. The molecule has 0 aromatic heterocycles. The molecule has 0 atom stereocenters. The van der Waals surface area contributed by atoms with Crippen LogP contribution in [0.5, 0.6) is 0 Å². The third-order valence-corrected chi connectivity index (χ3v) is 2.26. The van der Waals surface area contributed by atoms with Crippen LogP contribution in [0.2, 0.25) is 0 Å². The van der Waals surface area contributed by atoms with Crippen LogP contribution in [0.15, 0.2) is 36.4 Å². The highest BCUT2D eigenvalue weighted by molar-refractivity contribution is 5.85. The Hall–Kier alpha value is -1.81. The number of benzene rings is 2. The number of anilines is 2. The van der Waals surface area contributed by atoms with Crippen LogP contribution >= 0.6 is 12.4 Å². The Bertz CT molecular complexity index is 504. The van der Waals surface area contributed by atoms with Gasteiger partial charge in [-0.05, 0) is 29.8 Å². The first kappa shape index (κ1) is 13.3. The van der Waals surface area contributed by atoms with Crippen molar-refractivity contribution in [2.45, 2.75) is 0 Å². The van der Waals surface area contributed by atoms with E-state index >= 15 is 0 Å². The van der Waals surface area contributed by atoms with E-state index in [-0.39, 0.29) is 23.7 Å². The van der Waals surface area contributed by atoms with E-state index in [9.17, 15) is 8.78 Å². The number of hydrogen-bond donors (Lipinski definition) is 2. The molecule has 0 bridgehead atoms. The zero-order valence-electron chi connectivity index (χ0n) is 8.78. The molecule has 0 fully saturated rings. The Morgan fingerprint density at radius 3 is 1.71 bits per heavy atom. The summed E-state index contributed by atoms with van der Waals surface area (Å²) in [6, 6.07) is 8.48. The van der Waals surface area contributed by atoms with E-state index in [4.69, 9.17) is 11.5 Å². The Labute approximate surface area is 104 Å². The molecular weight excluding hydrogens is 246 g/mol. The summed E-state index contributed by atoms with van der Waals surface area (Å²) in [5, 5.41) is 0. The maximum absolute atomic E-state index is 13.5. The number of halogens is 3. The molecule has 0 aliphatic carbocycles. The van der Waals surface area contributed by atoms with Crippen LogP contribution in [0.4, 0.5) is 20.2 Å². The van der Waals surface area contributed by atoms with Crippen molar-refractivity contribution in [3.05, 3.63) is 48.0 Å². The lowest BCUT2D eigenvalue weighted by atomic mass is 10.0. The minimum Gasteiger partial charge on any atom is -0.399 e. The van der Waals surface area contributed by atoms with Crippen molar-refractivity contribution in [3.63, 3.8) is 0 Å². The second-order valence-corrected chi connectivity index (χ2v) is 3.48. The fraction of sp³-hybridized carbons (Fsp3) is 0. The molecule has 17 heavy (non-hydrogen) atoms. The smallest absolute Gasteiger partial charge is 0.136 e. The molecule has 2 rings (SSSR count). The zero-order chi connectivity index (χ0) is 11.7. The van der Waals surface area contributed by atoms with Gasteiger partial charge in [0.2, 0.25) is 0 Å². The molecule has 0 saturated heterocycles. The van der Waals surface area contributed by atoms with Crippen LogP contribution in [-0.4, -0.2) is 0 Å². The molecule has 0 unspecified atom stereocenters. The molecule has 2 aromatic carbocycles. The summed E-state index contributed by atoms with van der Waals surface area (Å²) >= 11 is 0. The summed E-state index contributed by atoms with van der Waals surface area (Å²) in [5.41, 5.74) is 11.8. The molecule has 0 spiro atoms. The molecule has 0 heterocycles. The van der Waals surface area contributed by atoms with Crippen molar-refractivity contribution in [2.24, 2.45) is 0 Å². The Morgan fingerprint density at radius 1 is 0.765 bits per heavy atom. The average Bonchev–Trinajstić information content (AvgIpc) is 2.19. The fourth-order valence-corrected chi connectivity index (χ4v) is 1.52. The molecule has 0 radical (unpaired) electrons. The summed E-state index contributed by atoms with van der Waals surface area (Å²) in [6.45, 7) is 0. The van der Waals surface area contributed by atoms with Gasteiger partial charge in [0, 0.05) is 11.4 Å². The van der Waals surface area contributed by atoms with E-state index in [1.165, 1.54) is 0 Å². The normalized spacial score (nSPS) is 9.76. The molecule has 90 valence electrons. The van der Waals surface area contributed by atoms with Crippen LogP contribution in [0, 0.1) is 11.6 Å². The minimum atomic E-state index is -0.678. The Morgan fingerprint density at radius 2 is 1.24 bits per heavy atom. The van der Waals surface area contributed by atoms with Gasteiger partial charge < -0.3 is 11.5 Å². The van der Waals surface area contributed by atoms with E-state index in [2.05, 4.69) is 0 Å². The van der Waals surface area contributed by atoms with Crippen molar-refractivity contribution in [2.75, 3.05) is 11.5 Å². The molecule has 5 heteroatoms. The van der Waals surface area contributed by atoms with E-state index in [0.29, 0.717) is 11.3 Å². The first-order valence-electron chi connectivity index (χ1n) is 4.68. The molecule has 0 aliphatic rings. The van der Waals surface area contributed by atoms with Crippen molar-refractivity contribution >= 4 is 23.8 Å². The zero-order valence-corrected chi connectivity index (χ0v) is 9.60. The molecule has 4 N–H and O–H groups in total. The topological polar surface area (TPSA) is 52.0 Å². The fourth-order valence-electron chi connectivity index (χ4n) is 1.52. The van der Waals surface area contributed by atoms with Gasteiger partial charge in [0.15, 0.2) is 0 Å². The monoisotopic (exact) mass is 256 g/mol. The molecule has 2 nitrogen and oxygen atoms in total. The van der Waals surface area contributed by atoms with Crippen molar-refractivity contribution < 1.29 is 8.78 Å². The van der Waals surface area contributed by atoms with Crippen molar-refractivity contribution in [3.8, 4) is 11.1 Å². The van der Waals surface area contributed by atoms with Crippen LogP contribution in [0.25, 0.3) is 11.1 Å². The molecule has 2 aromatic rings. The standard InChI is InChI=1S/C12H10F2N2.ClH/c13-10-5-9(16)6-11(14)12(10)7-1-3-8(15)4-2-7;/h1-6H,15-16H2;1H. The highest BCUT2D eigenvalue weighted by Crippen LogP contribution is 2.28. The Kier molecular flexibility index (Phi) is 3.91. The average molecular weight is 257 g/mol. The van der Waals surface area contributed by atoms with Crippen molar-refractivity contribution in [1.29, 1.82) is 0 Å². The predicted octanol–water partition coefficient (Wildman–Crippen LogP) is 3.22. The van der Waals surface area contributed by atoms with Gasteiger partial charge in [-0.25, -0.2) is 8.78 Å². The highest BCUT2D eigenvalue weighted by atomic mass is 35.5. The van der Waals surface area contributed by atoms with Gasteiger partial charge in [-0.15, -0.1) is 12.4 Å². The van der Waals surface area contributed by atoms with Gasteiger partial charge in [0.1, 0.15) is 11.6 Å². The number of rotatable bonds is 1. The Balaban J connectivity index is 0.00000144. The van der Waals surface area contributed by atoms with Gasteiger partial charge in [0.05, 0.1) is 5.56 Å². The van der Waals surface area contributed by atoms with Gasteiger partial charge in [-0.3, -0.25) is 0 Å². The predicted molar refractivity (Wildman–Crippen MR) is 67.9 cm³/mol. The summed E-state index contributed by atoms with van der Waals surface area (Å²) in [6.07, 6.45) is 0. The molecule has 0 amide bonds. The molecule has 0 aliphatic heterocycles. The third-order valence-electron chi connectivity index (χ3n) is 2.26. The lowest BCUT2D eigenvalue weighted by Gasteiger charge is -2.06. The maximum atomic E-state index is 13.5. The third kappa shape index (κ3) is 2.65. The molecule has 0 saturated carbocycles. The van der Waals surface area contributed by atoms with E-state index in [1.54, 1.807) is 24.3 Å². The van der Waals surface area contributed by atoms with Crippen molar-refractivity contribution in [1.82, 2.24) is 0 Å². The number of hydrogen-bond acceptors (Lipinski definition) is 2. The van der Waals surface area contributed by atoms with E-state index in [1.807, 2.05) is 0 Å². The highest BCUT2D eigenvalue weighted by Gasteiger charge is 2.12. The second kappa shape index (κ2) is 5.01. The lowest BCUT2D eigenvalue weighted by Crippen LogP contribution is -1.94. The van der Waals surface area contributed by atoms with E-state index < -0.39 is 11.6 Å². The van der Waals surface area contributed by atoms with Crippen LogP contribution in [0.3, 0.4) is 0 Å². The van der Waals surface area contributed by atoms with Crippen LogP contribution in [0.1, 0.15) is 0 Å².